The van der Waals surface area contributed by atoms with Gasteiger partial charge in [-0.25, -0.2) is 4.79 Å². The van der Waals surface area contributed by atoms with Gasteiger partial charge in [-0.05, 0) is 46.8 Å². The van der Waals surface area contributed by atoms with E-state index < -0.39 is 5.97 Å². The normalized spacial score (nSPS) is 10.9. The van der Waals surface area contributed by atoms with E-state index in [-0.39, 0.29) is 5.56 Å². The van der Waals surface area contributed by atoms with E-state index in [9.17, 15) is 4.79 Å². The summed E-state index contributed by atoms with van der Waals surface area (Å²) in [7, 11) is 0. The summed E-state index contributed by atoms with van der Waals surface area (Å²) in [5.74, 6) is -0.483. The van der Waals surface area contributed by atoms with Crippen molar-refractivity contribution in [1.82, 2.24) is 20.2 Å². The lowest BCUT2D eigenvalue weighted by molar-refractivity contribution is 0.0698. The second kappa shape index (κ2) is 7.05. The number of nitrogens with zero attached hydrogens (tertiary/aromatic N) is 4. The number of anilines is 1. The summed E-state index contributed by atoms with van der Waals surface area (Å²) in [6, 6.07) is 14.2. The molecule has 0 aliphatic heterocycles. The Bertz CT molecular complexity index is 889. The predicted molar refractivity (Wildman–Crippen MR) is 92.9 cm³/mol. The predicted octanol–water partition coefficient (Wildman–Crippen LogP) is 3.21. The Kier molecular flexibility index (Phi) is 4.66. The Morgan fingerprint density at radius 1 is 1.17 bits per heavy atom. The molecule has 0 fully saturated rings. The van der Waals surface area contributed by atoms with Gasteiger partial charge in [-0.15, -0.1) is 5.10 Å². The topological polar surface area (TPSA) is 92.9 Å². The molecule has 1 heterocycles. The quantitative estimate of drug-likeness (QED) is 0.700. The molecule has 24 heavy (non-hydrogen) atoms. The fourth-order valence-corrected chi connectivity index (χ4v) is 2.33. The Morgan fingerprint density at radius 2 is 1.92 bits per heavy atom. The second-order valence-corrected chi connectivity index (χ2v) is 5.67. The fourth-order valence-electron chi connectivity index (χ4n) is 2.07. The van der Waals surface area contributed by atoms with Gasteiger partial charge >= 0.3 is 5.97 Å². The smallest absolute Gasteiger partial charge is 0.337 e. The van der Waals surface area contributed by atoms with E-state index in [1.165, 1.54) is 6.07 Å². The van der Waals surface area contributed by atoms with Crippen molar-refractivity contribution in [2.75, 3.05) is 5.32 Å². The lowest BCUT2D eigenvalue weighted by Crippen LogP contribution is -2.02. The Morgan fingerprint density at radius 3 is 2.67 bits per heavy atom. The molecule has 0 unspecified atom stereocenters. The van der Waals surface area contributed by atoms with Gasteiger partial charge in [0.05, 0.1) is 16.9 Å². The van der Waals surface area contributed by atoms with E-state index in [1.807, 2.05) is 24.3 Å². The third kappa shape index (κ3) is 3.49. The van der Waals surface area contributed by atoms with Gasteiger partial charge in [0.15, 0.2) is 5.82 Å². The Labute approximate surface area is 145 Å². The van der Waals surface area contributed by atoms with Gasteiger partial charge in [-0.2, -0.15) is 4.68 Å². The van der Waals surface area contributed by atoms with Crippen LogP contribution in [-0.2, 0) is 0 Å². The molecule has 0 radical (unpaired) electrons. The lowest BCUT2D eigenvalue weighted by Gasteiger charge is -2.05. The van der Waals surface area contributed by atoms with Crippen molar-refractivity contribution in [3.63, 3.8) is 0 Å². The number of nitrogens with one attached hydrogen (secondary N) is 1. The van der Waals surface area contributed by atoms with Gasteiger partial charge in [0.25, 0.3) is 0 Å². The van der Waals surface area contributed by atoms with Crippen LogP contribution in [0, 0.1) is 0 Å². The monoisotopic (exact) mass is 385 g/mol. The molecular formula is C16H12BrN5O2. The highest BCUT2D eigenvalue weighted by atomic mass is 79.9. The molecule has 8 heteroatoms. The van der Waals surface area contributed by atoms with Crippen molar-refractivity contribution in [2.45, 2.75) is 0 Å². The molecular weight excluding hydrogens is 374 g/mol. The first-order chi connectivity index (χ1) is 11.6. The lowest BCUT2D eigenvalue weighted by atomic mass is 10.2. The third-order valence-corrected chi connectivity index (χ3v) is 3.72. The van der Waals surface area contributed by atoms with E-state index in [1.54, 1.807) is 35.2 Å². The van der Waals surface area contributed by atoms with Crippen LogP contribution in [0.5, 0.6) is 0 Å². The van der Waals surface area contributed by atoms with Gasteiger partial charge in [0, 0.05) is 16.7 Å². The third-order valence-electron chi connectivity index (χ3n) is 3.19. The molecule has 2 aromatic carbocycles. The van der Waals surface area contributed by atoms with Crippen LogP contribution in [0.3, 0.4) is 0 Å². The van der Waals surface area contributed by atoms with Gasteiger partial charge in [-0.1, -0.05) is 28.1 Å². The van der Waals surface area contributed by atoms with E-state index in [0.29, 0.717) is 11.5 Å². The van der Waals surface area contributed by atoms with Crippen LogP contribution in [0.15, 0.2) is 59.2 Å². The van der Waals surface area contributed by atoms with Crippen molar-refractivity contribution in [3.05, 3.63) is 70.6 Å². The zero-order valence-electron chi connectivity index (χ0n) is 12.3. The molecule has 1 aromatic heterocycles. The minimum atomic E-state index is -0.994. The minimum Gasteiger partial charge on any atom is -0.478 e. The summed E-state index contributed by atoms with van der Waals surface area (Å²) >= 11 is 3.38. The summed E-state index contributed by atoms with van der Waals surface area (Å²) in [5, 5.41) is 23.7. The molecule has 0 aliphatic carbocycles. The number of para-hydroxylation sites is 1. The largest absolute Gasteiger partial charge is 0.478 e. The number of hydrogen-bond acceptors (Lipinski definition) is 5. The first kappa shape index (κ1) is 15.9. The number of hydrogen-bond donors (Lipinski definition) is 2. The summed E-state index contributed by atoms with van der Waals surface area (Å²) in [6.07, 6.45) is 3.27. The maximum absolute atomic E-state index is 11.2. The highest BCUT2D eigenvalue weighted by Crippen LogP contribution is 2.16. The number of benzene rings is 2. The van der Waals surface area contributed by atoms with E-state index >= 15 is 0 Å². The van der Waals surface area contributed by atoms with Crippen LogP contribution in [-0.4, -0.2) is 31.3 Å². The molecule has 3 rings (SSSR count). The summed E-state index contributed by atoms with van der Waals surface area (Å²) in [6.45, 7) is 0. The number of rotatable bonds is 5. The number of halogens is 1. The second-order valence-electron chi connectivity index (χ2n) is 4.75. The standard InChI is InChI=1S/C16H12BrN5O2/c17-11-5-7-12(8-6-11)22-15(19-20-21-22)9-10-18-14-4-2-1-3-13(14)16(23)24/h1-10,18H,(H,23,24)/b10-9+. The Hall–Kier alpha value is -3.00. The highest BCUT2D eigenvalue weighted by molar-refractivity contribution is 9.10. The van der Waals surface area contributed by atoms with Crippen molar-refractivity contribution < 1.29 is 9.90 Å². The molecule has 0 aliphatic rings. The summed E-state index contributed by atoms with van der Waals surface area (Å²) in [4.78, 5) is 11.2. The van der Waals surface area contributed by atoms with Gasteiger partial charge in [0.2, 0.25) is 0 Å². The number of carboxylic acids is 1. The molecule has 0 atom stereocenters. The first-order valence-electron chi connectivity index (χ1n) is 6.95. The number of aromatic carboxylic acids is 1. The van der Waals surface area contributed by atoms with Crippen LogP contribution in [0.4, 0.5) is 5.69 Å². The van der Waals surface area contributed by atoms with Gasteiger partial charge in [-0.3, -0.25) is 0 Å². The van der Waals surface area contributed by atoms with Crippen molar-refractivity contribution in [1.29, 1.82) is 0 Å². The fraction of sp³-hybridized carbons (Fsp3) is 0. The average molecular weight is 386 g/mol. The molecule has 3 aromatic rings. The zero-order chi connectivity index (χ0) is 16.9. The van der Waals surface area contributed by atoms with Crippen LogP contribution < -0.4 is 5.32 Å². The number of tetrazole rings is 1. The van der Waals surface area contributed by atoms with Crippen molar-refractivity contribution in [3.8, 4) is 5.69 Å². The van der Waals surface area contributed by atoms with Crippen LogP contribution >= 0.6 is 15.9 Å². The molecule has 0 amide bonds. The molecule has 2 N–H and O–H groups in total. The van der Waals surface area contributed by atoms with E-state index in [2.05, 4.69) is 36.8 Å². The number of carbonyl (C=O) groups is 1. The highest BCUT2D eigenvalue weighted by Gasteiger charge is 2.08. The number of aromatic nitrogens is 4. The zero-order valence-corrected chi connectivity index (χ0v) is 13.9. The van der Waals surface area contributed by atoms with Crippen LogP contribution in [0.25, 0.3) is 11.8 Å². The summed E-state index contributed by atoms with van der Waals surface area (Å²) < 4.78 is 2.54. The SMILES string of the molecule is O=C(O)c1ccccc1N/C=C/c1nnnn1-c1ccc(Br)cc1. The molecule has 120 valence electrons. The van der Waals surface area contributed by atoms with Crippen molar-refractivity contribution >= 4 is 33.7 Å². The van der Waals surface area contributed by atoms with Gasteiger partial charge in [0.1, 0.15) is 0 Å². The number of carboxylic acid groups (broad SMARTS) is 1. The summed E-state index contributed by atoms with van der Waals surface area (Å²) in [5.41, 5.74) is 1.49. The first-order valence-corrected chi connectivity index (χ1v) is 7.74. The maximum Gasteiger partial charge on any atom is 0.337 e. The van der Waals surface area contributed by atoms with Crippen LogP contribution in [0.1, 0.15) is 16.2 Å². The van der Waals surface area contributed by atoms with Gasteiger partial charge < -0.3 is 10.4 Å². The molecule has 0 saturated carbocycles. The molecule has 7 nitrogen and oxygen atoms in total. The van der Waals surface area contributed by atoms with E-state index in [0.717, 1.165) is 10.2 Å². The molecule has 0 saturated heterocycles. The molecule has 0 bridgehead atoms. The Balaban J connectivity index is 1.81. The van der Waals surface area contributed by atoms with E-state index in [4.69, 9.17) is 5.11 Å². The maximum atomic E-state index is 11.2. The van der Waals surface area contributed by atoms with Crippen LogP contribution in [0.2, 0.25) is 0 Å². The average Bonchev–Trinajstić information content (AvgIpc) is 3.04. The minimum absolute atomic E-state index is 0.189. The molecule has 0 spiro atoms. The van der Waals surface area contributed by atoms with Crippen molar-refractivity contribution in [2.24, 2.45) is 0 Å².